The van der Waals surface area contributed by atoms with Crippen LogP contribution < -0.4 is 16.4 Å². The van der Waals surface area contributed by atoms with Crippen molar-refractivity contribution >= 4 is 17.5 Å². The molecule has 0 amide bonds. The van der Waals surface area contributed by atoms with Gasteiger partial charge in [0.05, 0.1) is 6.04 Å². The maximum absolute atomic E-state index is 5.85. The van der Waals surface area contributed by atoms with Gasteiger partial charge in [0.2, 0.25) is 0 Å². The second-order valence-electron chi connectivity index (χ2n) is 4.52. The quantitative estimate of drug-likeness (QED) is 0.663. The van der Waals surface area contributed by atoms with Crippen molar-refractivity contribution in [3.8, 4) is 0 Å². The molecule has 1 heterocycles. The van der Waals surface area contributed by atoms with Crippen molar-refractivity contribution in [2.45, 2.75) is 6.04 Å². The first kappa shape index (κ1) is 10.0. The van der Waals surface area contributed by atoms with E-state index in [0.29, 0.717) is 0 Å². The highest BCUT2D eigenvalue weighted by molar-refractivity contribution is 5.79. The molecule has 4 N–H and O–H groups in total. The predicted octanol–water partition coefficient (Wildman–Crippen LogP) is 1.88. The molecule has 3 rings (SSSR count). The van der Waals surface area contributed by atoms with Crippen molar-refractivity contribution in [2.24, 2.45) is 5.73 Å². The summed E-state index contributed by atoms with van der Waals surface area (Å²) in [7, 11) is 2.07. The molecule has 1 aliphatic carbocycles. The molecular weight excluding hydrogens is 210 g/mol. The highest BCUT2D eigenvalue weighted by Gasteiger charge is 2.24. The van der Waals surface area contributed by atoms with Gasteiger partial charge in [0.15, 0.2) is 0 Å². The monoisotopic (exact) mass is 225 g/mol. The highest BCUT2D eigenvalue weighted by Crippen LogP contribution is 2.35. The van der Waals surface area contributed by atoms with Crippen LogP contribution in [-0.2, 0) is 0 Å². The molecule has 0 saturated carbocycles. The number of allylic oxidation sites excluding steroid dienone is 1. The first-order chi connectivity index (χ1) is 8.15. The smallest absolute Gasteiger partial charge is 0.0746 e. The number of hydrogen-bond acceptors (Lipinski definition) is 3. The predicted molar refractivity (Wildman–Crippen MR) is 72.4 cm³/mol. The molecule has 0 bridgehead atoms. The summed E-state index contributed by atoms with van der Waals surface area (Å²) in [5, 5.41) is 0. The Hall–Kier alpha value is -2.16. The molecule has 3 heteroatoms. The van der Waals surface area contributed by atoms with Crippen molar-refractivity contribution < 1.29 is 0 Å². The minimum Gasteiger partial charge on any atom is -0.399 e. The molecule has 1 aromatic carbocycles. The fourth-order valence-electron chi connectivity index (χ4n) is 2.41. The van der Waals surface area contributed by atoms with Gasteiger partial charge in [0.25, 0.3) is 0 Å². The Labute approximate surface area is 101 Å². The van der Waals surface area contributed by atoms with Gasteiger partial charge in [-0.25, -0.2) is 0 Å². The van der Waals surface area contributed by atoms with E-state index >= 15 is 0 Å². The average Bonchev–Trinajstić information content (AvgIpc) is 2.32. The summed E-state index contributed by atoms with van der Waals surface area (Å²) >= 11 is 0. The van der Waals surface area contributed by atoms with Crippen LogP contribution in [0.2, 0.25) is 0 Å². The third-order valence-corrected chi connectivity index (χ3v) is 3.33. The number of nitrogens with zero attached hydrogens (tertiary/aromatic N) is 1. The Kier molecular flexibility index (Phi) is 2.01. The SMILES string of the molecule is CN1c2cc(N)ccc2C=C2C=CC(N)=CC21. The number of fused-ring (bicyclic) bond motifs is 2. The van der Waals surface area contributed by atoms with E-state index in [1.165, 1.54) is 11.1 Å². The molecule has 0 saturated heterocycles. The Balaban J connectivity index is 2.16. The van der Waals surface area contributed by atoms with Crippen molar-refractivity contribution in [2.75, 3.05) is 17.7 Å². The summed E-state index contributed by atoms with van der Waals surface area (Å²) in [6.45, 7) is 0. The van der Waals surface area contributed by atoms with Crippen molar-refractivity contribution in [3.05, 3.63) is 53.3 Å². The zero-order chi connectivity index (χ0) is 12.0. The standard InChI is InChI=1S/C14H15N3/c1-17-13-7-11(15)4-2-9(13)6-10-3-5-12(16)8-14(10)17/h2-8,13H,15-16H2,1H3. The van der Waals surface area contributed by atoms with Gasteiger partial charge in [-0.05, 0) is 41.5 Å². The van der Waals surface area contributed by atoms with E-state index in [9.17, 15) is 0 Å². The second-order valence-corrected chi connectivity index (χ2v) is 4.52. The van der Waals surface area contributed by atoms with E-state index in [2.05, 4.69) is 36.2 Å². The lowest BCUT2D eigenvalue weighted by molar-refractivity contribution is 0.844. The summed E-state index contributed by atoms with van der Waals surface area (Å²) < 4.78 is 0. The van der Waals surface area contributed by atoms with Crippen LogP contribution >= 0.6 is 0 Å². The van der Waals surface area contributed by atoms with Gasteiger partial charge in [-0.15, -0.1) is 0 Å². The third kappa shape index (κ3) is 1.51. The fourth-order valence-corrected chi connectivity index (χ4v) is 2.41. The van der Waals surface area contributed by atoms with Gasteiger partial charge < -0.3 is 16.4 Å². The molecule has 1 unspecified atom stereocenters. The number of hydrogen-bond donors (Lipinski definition) is 2. The van der Waals surface area contributed by atoms with Crippen molar-refractivity contribution in [3.63, 3.8) is 0 Å². The summed E-state index contributed by atoms with van der Waals surface area (Å²) in [5.41, 5.74) is 16.9. The molecule has 3 nitrogen and oxygen atoms in total. The highest BCUT2D eigenvalue weighted by atomic mass is 15.1. The molecule has 0 fully saturated rings. The molecule has 1 aromatic rings. The van der Waals surface area contributed by atoms with E-state index in [0.717, 1.165) is 17.1 Å². The molecule has 86 valence electrons. The summed E-state index contributed by atoms with van der Waals surface area (Å²) in [6.07, 6.45) is 8.28. The van der Waals surface area contributed by atoms with Crippen LogP contribution in [0.5, 0.6) is 0 Å². The van der Waals surface area contributed by atoms with Crippen molar-refractivity contribution in [1.29, 1.82) is 0 Å². The van der Waals surface area contributed by atoms with Gasteiger partial charge in [-0.1, -0.05) is 12.1 Å². The number of nitrogen functional groups attached to an aromatic ring is 1. The first-order valence-electron chi connectivity index (χ1n) is 5.64. The van der Waals surface area contributed by atoms with Gasteiger partial charge in [0, 0.05) is 24.1 Å². The van der Waals surface area contributed by atoms with E-state index in [1.807, 2.05) is 18.2 Å². The second kappa shape index (κ2) is 3.42. The fraction of sp³-hybridized carbons (Fsp3) is 0.143. The minimum atomic E-state index is 0.217. The maximum atomic E-state index is 5.85. The largest absolute Gasteiger partial charge is 0.399 e. The van der Waals surface area contributed by atoms with Crippen LogP contribution in [-0.4, -0.2) is 13.1 Å². The van der Waals surface area contributed by atoms with E-state index in [1.54, 1.807) is 0 Å². The normalized spacial score (nSPS) is 21.5. The van der Waals surface area contributed by atoms with Crippen LogP contribution in [0.1, 0.15) is 5.56 Å². The summed E-state index contributed by atoms with van der Waals surface area (Å²) in [5.74, 6) is 0. The average molecular weight is 225 g/mol. The van der Waals surface area contributed by atoms with Gasteiger partial charge >= 0.3 is 0 Å². The molecule has 1 aliphatic heterocycles. The van der Waals surface area contributed by atoms with E-state index in [4.69, 9.17) is 11.5 Å². The number of nitrogens with two attached hydrogens (primary N) is 2. The molecule has 0 spiro atoms. The van der Waals surface area contributed by atoms with Crippen LogP contribution in [0.3, 0.4) is 0 Å². The zero-order valence-electron chi connectivity index (χ0n) is 9.72. The maximum Gasteiger partial charge on any atom is 0.0746 e. The molecule has 0 radical (unpaired) electrons. The number of benzene rings is 1. The molecule has 2 aliphatic rings. The van der Waals surface area contributed by atoms with Crippen LogP contribution in [0.15, 0.2) is 47.7 Å². The number of rotatable bonds is 0. The molecule has 0 aromatic heterocycles. The lowest BCUT2D eigenvalue weighted by Gasteiger charge is -2.35. The molecular formula is C14H15N3. The van der Waals surface area contributed by atoms with Crippen molar-refractivity contribution in [1.82, 2.24) is 0 Å². The van der Waals surface area contributed by atoms with Gasteiger partial charge in [0.1, 0.15) is 0 Å². The molecule has 17 heavy (non-hydrogen) atoms. The van der Waals surface area contributed by atoms with Crippen LogP contribution in [0.4, 0.5) is 11.4 Å². The lowest BCUT2D eigenvalue weighted by Crippen LogP contribution is -2.35. The molecule has 1 atom stereocenters. The zero-order valence-corrected chi connectivity index (χ0v) is 9.72. The first-order valence-corrected chi connectivity index (χ1v) is 5.64. The third-order valence-electron chi connectivity index (χ3n) is 3.33. The van der Waals surface area contributed by atoms with Crippen LogP contribution in [0.25, 0.3) is 6.08 Å². The van der Waals surface area contributed by atoms with E-state index in [-0.39, 0.29) is 6.04 Å². The van der Waals surface area contributed by atoms with E-state index < -0.39 is 0 Å². The van der Waals surface area contributed by atoms with Gasteiger partial charge in [-0.3, -0.25) is 0 Å². The Morgan fingerprint density at radius 1 is 1.18 bits per heavy atom. The Morgan fingerprint density at radius 3 is 2.82 bits per heavy atom. The Bertz CT molecular complexity index is 567. The van der Waals surface area contributed by atoms with Crippen LogP contribution in [0, 0.1) is 0 Å². The summed E-state index contributed by atoms with van der Waals surface area (Å²) in [4.78, 5) is 2.21. The number of likely N-dealkylation sites (N-methyl/N-ethyl adjacent to an activating group) is 1. The lowest BCUT2D eigenvalue weighted by atomic mass is 9.92. The topological polar surface area (TPSA) is 55.3 Å². The number of anilines is 2. The van der Waals surface area contributed by atoms with Gasteiger partial charge in [-0.2, -0.15) is 0 Å². The Morgan fingerprint density at radius 2 is 2.00 bits per heavy atom. The summed E-state index contributed by atoms with van der Waals surface area (Å²) in [6, 6.07) is 6.21. The minimum absolute atomic E-state index is 0.217.